The number of aryl methyl sites for hydroxylation is 2. The Hall–Kier alpha value is -2.94. The number of anilines is 1. The summed E-state index contributed by atoms with van der Waals surface area (Å²) in [6.45, 7) is 8.64. The molecular formula is C22H26N6O3. The van der Waals surface area contributed by atoms with Crippen molar-refractivity contribution in [2.75, 3.05) is 18.5 Å². The molecule has 0 spiro atoms. The average Bonchev–Trinajstić information content (AvgIpc) is 3.14. The van der Waals surface area contributed by atoms with E-state index in [1.807, 2.05) is 18.7 Å². The van der Waals surface area contributed by atoms with Crippen molar-refractivity contribution in [3.05, 3.63) is 34.9 Å². The van der Waals surface area contributed by atoms with Crippen molar-refractivity contribution in [3.8, 4) is 0 Å². The number of imidazole rings is 1. The molecule has 1 unspecified atom stereocenters. The Morgan fingerprint density at radius 2 is 2.03 bits per heavy atom. The molecule has 9 nitrogen and oxygen atoms in total. The fraction of sp³-hybridized carbons (Fsp3) is 0.545. The maximum absolute atomic E-state index is 13.6. The molecule has 2 aliphatic heterocycles. The van der Waals surface area contributed by atoms with Crippen LogP contribution < -0.4 is 5.32 Å². The normalized spacial score (nSPS) is 21.6. The SMILES string of the molecule is Cc1nc(NC2(C)CC2)c2c(C(=O)N3CCn4c(C)nc(C5CCO5)c4C3)coc2n1. The molecule has 5 heterocycles. The standard InChI is InChI=1S/C22H26N6O3/c1-12-23-19(26-22(3)5-6-22)17-14(11-31-20(17)24-12)21(29)27-7-8-28-13(2)25-18(15(28)10-27)16-4-9-30-16/h11,16H,4-10H2,1-3H3,(H,23,24,26). The molecule has 6 rings (SSSR count). The number of furan rings is 1. The van der Waals surface area contributed by atoms with E-state index in [2.05, 4.69) is 26.8 Å². The molecule has 0 aromatic carbocycles. The van der Waals surface area contributed by atoms with Gasteiger partial charge in [-0.15, -0.1) is 0 Å². The van der Waals surface area contributed by atoms with Crippen LogP contribution in [0.25, 0.3) is 11.1 Å². The number of hydrogen-bond donors (Lipinski definition) is 1. The number of carbonyl (C=O) groups excluding carboxylic acids is 1. The van der Waals surface area contributed by atoms with Gasteiger partial charge in [0.25, 0.3) is 5.91 Å². The summed E-state index contributed by atoms with van der Waals surface area (Å²) >= 11 is 0. The lowest BCUT2D eigenvalue weighted by Gasteiger charge is -2.31. The van der Waals surface area contributed by atoms with Gasteiger partial charge in [0.15, 0.2) is 0 Å². The van der Waals surface area contributed by atoms with E-state index in [-0.39, 0.29) is 17.6 Å². The molecule has 1 saturated heterocycles. The van der Waals surface area contributed by atoms with E-state index in [1.165, 1.54) is 6.26 Å². The van der Waals surface area contributed by atoms with Gasteiger partial charge in [-0.3, -0.25) is 4.79 Å². The summed E-state index contributed by atoms with van der Waals surface area (Å²) in [5.74, 6) is 2.21. The Bertz CT molecular complexity index is 1200. The Kier molecular flexibility index (Phi) is 3.96. The van der Waals surface area contributed by atoms with Gasteiger partial charge in [0.2, 0.25) is 5.71 Å². The third kappa shape index (κ3) is 3.02. The Morgan fingerprint density at radius 1 is 1.23 bits per heavy atom. The summed E-state index contributed by atoms with van der Waals surface area (Å²) in [5, 5.41) is 4.17. The molecule has 1 aliphatic carbocycles. The van der Waals surface area contributed by atoms with Gasteiger partial charge in [0.05, 0.1) is 35.5 Å². The number of ether oxygens (including phenoxy) is 1. The van der Waals surface area contributed by atoms with Crippen LogP contribution in [0.5, 0.6) is 0 Å². The summed E-state index contributed by atoms with van der Waals surface area (Å²) in [7, 11) is 0. The van der Waals surface area contributed by atoms with Crippen molar-refractivity contribution < 1.29 is 13.9 Å². The van der Waals surface area contributed by atoms with Gasteiger partial charge in [0, 0.05) is 25.0 Å². The molecular weight excluding hydrogens is 396 g/mol. The molecule has 1 saturated carbocycles. The highest BCUT2D eigenvalue weighted by Gasteiger charge is 2.39. The monoisotopic (exact) mass is 422 g/mol. The van der Waals surface area contributed by atoms with E-state index in [0.29, 0.717) is 41.4 Å². The zero-order valence-electron chi connectivity index (χ0n) is 18.1. The third-order valence-corrected chi connectivity index (χ3v) is 6.72. The van der Waals surface area contributed by atoms with Crippen molar-refractivity contribution in [1.82, 2.24) is 24.4 Å². The van der Waals surface area contributed by atoms with E-state index in [4.69, 9.17) is 14.1 Å². The molecule has 162 valence electrons. The molecule has 1 N–H and O–H groups in total. The largest absolute Gasteiger partial charge is 0.445 e. The van der Waals surface area contributed by atoms with E-state index in [1.54, 1.807) is 0 Å². The molecule has 3 aromatic heterocycles. The van der Waals surface area contributed by atoms with Crippen molar-refractivity contribution >= 4 is 22.8 Å². The first-order chi connectivity index (χ1) is 14.9. The van der Waals surface area contributed by atoms with Crippen LogP contribution in [0.3, 0.4) is 0 Å². The van der Waals surface area contributed by atoms with Crippen molar-refractivity contribution in [1.29, 1.82) is 0 Å². The van der Waals surface area contributed by atoms with Crippen LogP contribution >= 0.6 is 0 Å². The second-order valence-corrected chi connectivity index (χ2v) is 9.15. The van der Waals surface area contributed by atoms with Gasteiger partial charge >= 0.3 is 0 Å². The minimum Gasteiger partial charge on any atom is -0.445 e. The van der Waals surface area contributed by atoms with E-state index >= 15 is 0 Å². The lowest BCUT2D eigenvalue weighted by molar-refractivity contribution is -0.0560. The minimum absolute atomic E-state index is 0.0259. The number of rotatable bonds is 4. The molecule has 2 fully saturated rings. The second-order valence-electron chi connectivity index (χ2n) is 9.15. The van der Waals surface area contributed by atoms with Crippen molar-refractivity contribution in [2.45, 2.75) is 64.8 Å². The summed E-state index contributed by atoms with van der Waals surface area (Å²) in [6.07, 6.45) is 4.72. The number of hydrogen-bond acceptors (Lipinski definition) is 7. The van der Waals surface area contributed by atoms with Gasteiger partial charge in [-0.05, 0) is 33.6 Å². The van der Waals surface area contributed by atoms with Gasteiger partial charge in [-0.25, -0.2) is 9.97 Å². The number of nitrogens with one attached hydrogen (secondary N) is 1. The predicted octanol–water partition coefficient (Wildman–Crippen LogP) is 3.12. The molecule has 1 atom stereocenters. The van der Waals surface area contributed by atoms with Crippen LogP contribution in [-0.2, 0) is 17.8 Å². The lowest BCUT2D eigenvalue weighted by atomic mass is 10.1. The highest BCUT2D eigenvalue weighted by molar-refractivity contribution is 6.09. The quantitative estimate of drug-likeness (QED) is 0.690. The summed E-state index contributed by atoms with van der Waals surface area (Å²) in [5.41, 5.74) is 3.03. The Balaban J connectivity index is 1.35. The number of aromatic nitrogens is 4. The molecule has 0 radical (unpaired) electrons. The molecule has 3 aliphatic rings. The van der Waals surface area contributed by atoms with Crippen molar-refractivity contribution in [3.63, 3.8) is 0 Å². The van der Waals surface area contributed by atoms with E-state index < -0.39 is 0 Å². The van der Waals surface area contributed by atoms with Crippen LogP contribution in [0.4, 0.5) is 5.82 Å². The number of nitrogens with zero attached hydrogens (tertiary/aromatic N) is 5. The maximum Gasteiger partial charge on any atom is 0.258 e. The zero-order chi connectivity index (χ0) is 21.3. The van der Waals surface area contributed by atoms with Crippen LogP contribution in [0, 0.1) is 13.8 Å². The lowest BCUT2D eigenvalue weighted by Crippen LogP contribution is -2.39. The molecule has 9 heteroatoms. The zero-order valence-corrected chi connectivity index (χ0v) is 18.1. The highest BCUT2D eigenvalue weighted by atomic mass is 16.5. The molecule has 3 aromatic rings. The summed E-state index contributed by atoms with van der Waals surface area (Å²) < 4.78 is 13.6. The summed E-state index contributed by atoms with van der Waals surface area (Å²) in [6, 6.07) is 0. The fourth-order valence-electron chi connectivity index (χ4n) is 4.52. The van der Waals surface area contributed by atoms with Gasteiger partial charge in [0.1, 0.15) is 29.8 Å². The number of amides is 1. The highest BCUT2D eigenvalue weighted by Crippen LogP contribution is 2.40. The molecule has 0 bridgehead atoms. The smallest absolute Gasteiger partial charge is 0.258 e. The van der Waals surface area contributed by atoms with Gasteiger partial charge in [-0.2, -0.15) is 4.98 Å². The third-order valence-electron chi connectivity index (χ3n) is 6.72. The van der Waals surface area contributed by atoms with Gasteiger partial charge < -0.3 is 23.9 Å². The first-order valence-electron chi connectivity index (χ1n) is 10.9. The first kappa shape index (κ1) is 18.8. The second kappa shape index (κ2) is 6.53. The maximum atomic E-state index is 13.6. The predicted molar refractivity (Wildman–Crippen MR) is 113 cm³/mol. The van der Waals surface area contributed by atoms with E-state index in [0.717, 1.165) is 49.6 Å². The molecule has 1 amide bonds. The number of carbonyl (C=O) groups is 1. The van der Waals surface area contributed by atoms with E-state index in [9.17, 15) is 4.79 Å². The van der Waals surface area contributed by atoms with Crippen molar-refractivity contribution in [2.24, 2.45) is 0 Å². The minimum atomic E-state index is -0.0687. The Morgan fingerprint density at radius 3 is 2.74 bits per heavy atom. The van der Waals surface area contributed by atoms with Crippen LogP contribution in [0.15, 0.2) is 10.7 Å². The molecule has 31 heavy (non-hydrogen) atoms. The average molecular weight is 422 g/mol. The van der Waals surface area contributed by atoms with Gasteiger partial charge in [-0.1, -0.05) is 0 Å². The first-order valence-corrected chi connectivity index (χ1v) is 10.9. The number of fused-ring (bicyclic) bond motifs is 2. The van der Waals surface area contributed by atoms with Crippen LogP contribution in [0.2, 0.25) is 0 Å². The topological polar surface area (TPSA) is 98.3 Å². The Labute approximate surface area is 179 Å². The van der Waals surface area contributed by atoms with Crippen LogP contribution in [-0.4, -0.2) is 49.0 Å². The fourth-order valence-corrected chi connectivity index (χ4v) is 4.52. The summed E-state index contributed by atoms with van der Waals surface area (Å²) in [4.78, 5) is 29.2. The van der Waals surface area contributed by atoms with Crippen LogP contribution in [0.1, 0.15) is 65.7 Å².